The van der Waals surface area contributed by atoms with E-state index >= 15 is 0 Å². The van der Waals surface area contributed by atoms with Crippen molar-refractivity contribution in [2.24, 2.45) is 5.92 Å². The number of likely N-dealkylation sites (tertiary alicyclic amines) is 1. The molecule has 2 heterocycles. The zero-order valence-corrected chi connectivity index (χ0v) is 19.3. The van der Waals surface area contributed by atoms with E-state index in [4.69, 9.17) is 9.52 Å². The van der Waals surface area contributed by atoms with Gasteiger partial charge in [-0.2, -0.15) is 0 Å². The third-order valence-corrected chi connectivity index (χ3v) is 6.18. The molecule has 1 aliphatic rings. The zero-order chi connectivity index (χ0) is 23.2. The van der Waals surface area contributed by atoms with Crippen LogP contribution < -0.4 is 0 Å². The molecule has 3 aromatic rings. The molecule has 4 rings (SSSR count). The predicted molar refractivity (Wildman–Crippen MR) is 129 cm³/mol. The summed E-state index contributed by atoms with van der Waals surface area (Å²) in [5.74, 6) is 0.105. The molecule has 1 aromatic heterocycles. The predicted octanol–water partition coefficient (Wildman–Crippen LogP) is 5.55. The number of aromatic nitrogens is 2. The summed E-state index contributed by atoms with van der Waals surface area (Å²) in [4.78, 5) is 13.2. The van der Waals surface area contributed by atoms with Crippen LogP contribution in [0.15, 0.2) is 52.9 Å². The van der Waals surface area contributed by atoms with Crippen LogP contribution >= 0.6 is 0 Å². The molecule has 33 heavy (non-hydrogen) atoms. The highest BCUT2D eigenvalue weighted by molar-refractivity contribution is 5.79. The van der Waals surface area contributed by atoms with Crippen LogP contribution in [0.5, 0.6) is 0 Å². The van der Waals surface area contributed by atoms with Gasteiger partial charge >= 0.3 is 5.97 Å². The van der Waals surface area contributed by atoms with Crippen molar-refractivity contribution in [3.8, 4) is 11.5 Å². The minimum Gasteiger partial charge on any atom is -0.481 e. The standard InChI is InChI=1S/C27H31N3O3/c1-3-5-9-22(21-10-7-6-8-11-21)15-25-28-29-26(33-25)24-13-12-19(14-20(24)4-2)16-30-17-23(18-30)27(31)32/h6-8,10-15,23H,3-5,9,16-18H2,1-2H3,(H,31,32). The Hall–Kier alpha value is -3.25. The van der Waals surface area contributed by atoms with Crippen LogP contribution in [-0.4, -0.2) is 39.3 Å². The van der Waals surface area contributed by atoms with Crippen molar-refractivity contribution in [1.29, 1.82) is 0 Å². The van der Waals surface area contributed by atoms with E-state index in [-0.39, 0.29) is 5.92 Å². The fourth-order valence-corrected chi connectivity index (χ4v) is 4.23. The van der Waals surface area contributed by atoms with E-state index in [9.17, 15) is 4.79 Å². The number of rotatable bonds is 10. The minimum absolute atomic E-state index is 0.238. The molecule has 0 bridgehead atoms. The molecule has 172 valence electrons. The third kappa shape index (κ3) is 5.57. The van der Waals surface area contributed by atoms with Gasteiger partial charge in [0.25, 0.3) is 0 Å². The number of hydrogen-bond acceptors (Lipinski definition) is 5. The van der Waals surface area contributed by atoms with E-state index < -0.39 is 5.97 Å². The molecule has 0 amide bonds. The number of carbonyl (C=O) groups is 1. The maximum Gasteiger partial charge on any atom is 0.309 e. The second kappa shape index (κ2) is 10.6. The Morgan fingerprint density at radius 1 is 1.15 bits per heavy atom. The Morgan fingerprint density at radius 2 is 1.94 bits per heavy atom. The number of hydrogen-bond donors (Lipinski definition) is 1. The molecular formula is C27H31N3O3. The SMILES string of the molecule is CCCCC(=Cc1nnc(-c2ccc(CN3CC(C(=O)O)C3)cc2CC)o1)c1ccccc1. The van der Waals surface area contributed by atoms with Gasteiger partial charge in [0.2, 0.25) is 11.8 Å². The zero-order valence-electron chi connectivity index (χ0n) is 19.3. The van der Waals surface area contributed by atoms with Crippen molar-refractivity contribution in [3.63, 3.8) is 0 Å². The van der Waals surface area contributed by atoms with E-state index in [1.54, 1.807) is 0 Å². The largest absolute Gasteiger partial charge is 0.481 e. The Bertz CT molecular complexity index is 1110. The molecule has 1 saturated heterocycles. The summed E-state index contributed by atoms with van der Waals surface area (Å²) in [7, 11) is 0. The summed E-state index contributed by atoms with van der Waals surface area (Å²) >= 11 is 0. The number of allylic oxidation sites excluding steroid dienone is 1. The van der Waals surface area contributed by atoms with Crippen LogP contribution in [-0.2, 0) is 17.8 Å². The van der Waals surface area contributed by atoms with Crippen molar-refractivity contribution in [3.05, 3.63) is 71.1 Å². The van der Waals surface area contributed by atoms with Gasteiger partial charge in [0.05, 0.1) is 5.92 Å². The lowest BCUT2D eigenvalue weighted by molar-refractivity contribution is -0.147. The lowest BCUT2D eigenvalue weighted by atomic mass is 9.97. The van der Waals surface area contributed by atoms with E-state index in [2.05, 4.69) is 53.2 Å². The first-order valence-corrected chi connectivity index (χ1v) is 11.7. The molecule has 6 nitrogen and oxygen atoms in total. The van der Waals surface area contributed by atoms with Gasteiger partial charge in [-0.15, -0.1) is 10.2 Å². The Balaban J connectivity index is 1.52. The summed E-state index contributed by atoms with van der Waals surface area (Å²) in [6, 6.07) is 16.6. The molecular weight excluding hydrogens is 414 g/mol. The normalized spacial score (nSPS) is 14.9. The second-order valence-electron chi connectivity index (χ2n) is 8.66. The summed E-state index contributed by atoms with van der Waals surface area (Å²) in [6.07, 6.45) is 6.05. The van der Waals surface area contributed by atoms with E-state index in [0.717, 1.165) is 43.4 Å². The number of carboxylic acid groups (broad SMARTS) is 1. The summed E-state index contributed by atoms with van der Waals surface area (Å²) < 4.78 is 6.06. The molecule has 0 aliphatic carbocycles. The van der Waals surface area contributed by atoms with Crippen LogP contribution in [0.25, 0.3) is 23.1 Å². The van der Waals surface area contributed by atoms with E-state index in [1.165, 1.54) is 16.7 Å². The molecule has 1 aliphatic heterocycles. The molecule has 2 aromatic carbocycles. The van der Waals surface area contributed by atoms with Gasteiger partial charge in [-0.05, 0) is 47.6 Å². The fraction of sp³-hybridized carbons (Fsp3) is 0.370. The Kier molecular flexibility index (Phi) is 7.35. The van der Waals surface area contributed by atoms with Crippen LogP contribution in [0.2, 0.25) is 0 Å². The number of aliphatic carboxylic acids is 1. The van der Waals surface area contributed by atoms with Crippen LogP contribution in [0.4, 0.5) is 0 Å². The minimum atomic E-state index is -0.706. The van der Waals surface area contributed by atoms with Crippen molar-refractivity contribution in [2.45, 2.75) is 46.1 Å². The lowest BCUT2D eigenvalue weighted by Gasteiger charge is -2.36. The van der Waals surface area contributed by atoms with Gasteiger partial charge in [-0.1, -0.05) is 62.7 Å². The Labute approximate surface area is 195 Å². The highest BCUT2D eigenvalue weighted by Gasteiger charge is 2.32. The number of aryl methyl sites for hydroxylation is 1. The van der Waals surface area contributed by atoms with E-state index in [1.807, 2.05) is 30.3 Å². The molecule has 6 heteroatoms. The first-order chi connectivity index (χ1) is 16.1. The molecule has 0 spiro atoms. The summed E-state index contributed by atoms with van der Waals surface area (Å²) in [5, 5.41) is 17.7. The monoisotopic (exact) mass is 445 g/mol. The number of carboxylic acids is 1. The average Bonchev–Trinajstić information content (AvgIpc) is 3.27. The fourth-order valence-electron chi connectivity index (χ4n) is 4.23. The molecule has 0 unspecified atom stereocenters. The van der Waals surface area contributed by atoms with Crippen molar-refractivity contribution in [2.75, 3.05) is 13.1 Å². The molecule has 0 saturated carbocycles. The van der Waals surface area contributed by atoms with E-state index in [0.29, 0.717) is 24.9 Å². The number of unbranched alkanes of at least 4 members (excludes halogenated alkanes) is 1. The topological polar surface area (TPSA) is 79.5 Å². The number of nitrogens with zero attached hydrogens (tertiary/aromatic N) is 3. The van der Waals surface area contributed by atoms with Crippen LogP contribution in [0, 0.1) is 5.92 Å². The van der Waals surface area contributed by atoms with Gasteiger partial charge in [0, 0.05) is 31.3 Å². The van der Waals surface area contributed by atoms with Crippen molar-refractivity contribution >= 4 is 17.6 Å². The molecule has 1 N–H and O–H groups in total. The van der Waals surface area contributed by atoms with Gasteiger partial charge in [0.15, 0.2) is 0 Å². The van der Waals surface area contributed by atoms with Gasteiger partial charge in [-0.25, -0.2) is 0 Å². The third-order valence-electron chi connectivity index (χ3n) is 6.18. The number of benzene rings is 2. The van der Waals surface area contributed by atoms with Gasteiger partial charge in [0.1, 0.15) is 0 Å². The lowest BCUT2D eigenvalue weighted by Crippen LogP contribution is -2.49. The highest BCUT2D eigenvalue weighted by atomic mass is 16.4. The first kappa shape index (κ1) is 22.9. The highest BCUT2D eigenvalue weighted by Crippen LogP contribution is 2.28. The van der Waals surface area contributed by atoms with Crippen LogP contribution in [0.3, 0.4) is 0 Å². The molecule has 0 atom stereocenters. The quantitative estimate of drug-likeness (QED) is 0.441. The molecule has 1 fully saturated rings. The maximum atomic E-state index is 11.0. The first-order valence-electron chi connectivity index (χ1n) is 11.7. The van der Waals surface area contributed by atoms with Gasteiger partial charge in [-0.3, -0.25) is 9.69 Å². The van der Waals surface area contributed by atoms with Crippen molar-refractivity contribution < 1.29 is 14.3 Å². The Morgan fingerprint density at radius 3 is 2.64 bits per heavy atom. The maximum absolute atomic E-state index is 11.0. The summed E-state index contributed by atoms with van der Waals surface area (Å²) in [6.45, 7) is 6.28. The van der Waals surface area contributed by atoms with Crippen LogP contribution in [0.1, 0.15) is 55.7 Å². The smallest absolute Gasteiger partial charge is 0.309 e. The van der Waals surface area contributed by atoms with Gasteiger partial charge < -0.3 is 9.52 Å². The van der Waals surface area contributed by atoms with Crippen molar-refractivity contribution in [1.82, 2.24) is 15.1 Å². The molecule has 0 radical (unpaired) electrons. The average molecular weight is 446 g/mol. The second-order valence-corrected chi connectivity index (χ2v) is 8.66. The summed E-state index contributed by atoms with van der Waals surface area (Å²) in [5.41, 5.74) is 5.66.